The molecule has 0 saturated heterocycles. The van der Waals surface area contributed by atoms with Gasteiger partial charge in [-0.15, -0.1) is 0 Å². The summed E-state index contributed by atoms with van der Waals surface area (Å²) in [6.07, 6.45) is -2.72. The molecule has 1 aromatic rings. The molecule has 2 nitrogen and oxygen atoms in total. The number of carbonyl (C=O) groups excluding carboxylic acids is 1. The number of alkyl halides is 3. The molecule has 0 saturated carbocycles. The Balaban J connectivity index is 2.81. The number of hydrogen-bond acceptors (Lipinski definition) is 1. The van der Waals surface area contributed by atoms with Crippen molar-refractivity contribution in [2.75, 3.05) is 0 Å². The average molecular weight is 259 g/mol. The standard InChI is InChI=1S/C13H16F3NO/c1-3-5-9(2)17-12(18)10-6-4-7-11(8-10)13(14,15)16/h4,6-9H,3,5H2,1-2H3,(H,17,18). The average Bonchev–Trinajstić information content (AvgIpc) is 2.28. The molecule has 1 rings (SSSR count). The second-order valence-corrected chi connectivity index (χ2v) is 4.24. The Morgan fingerprint density at radius 3 is 2.61 bits per heavy atom. The van der Waals surface area contributed by atoms with Gasteiger partial charge in [0.25, 0.3) is 5.91 Å². The lowest BCUT2D eigenvalue weighted by Gasteiger charge is -2.13. The molecule has 18 heavy (non-hydrogen) atoms. The first-order chi connectivity index (χ1) is 8.34. The Hall–Kier alpha value is -1.52. The molecule has 0 heterocycles. The minimum Gasteiger partial charge on any atom is -0.350 e. The van der Waals surface area contributed by atoms with Crippen molar-refractivity contribution in [2.24, 2.45) is 0 Å². The highest BCUT2D eigenvalue weighted by molar-refractivity contribution is 5.94. The zero-order valence-electron chi connectivity index (χ0n) is 10.3. The van der Waals surface area contributed by atoms with Gasteiger partial charge in [-0.3, -0.25) is 4.79 Å². The first kappa shape index (κ1) is 14.5. The van der Waals surface area contributed by atoms with Crippen molar-refractivity contribution in [1.82, 2.24) is 5.32 Å². The predicted molar refractivity (Wildman–Crippen MR) is 63.3 cm³/mol. The van der Waals surface area contributed by atoms with Crippen molar-refractivity contribution in [2.45, 2.75) is 38.9 Å². The Morgan fingerprint density at radius 2 is 2.06 bits per heavy atom. The van der Waals surface area contributed by atoms with Gasteiger partial charge in [0, 0.05) is 11.6 Å². The van der Waals surface area contributed by atoms with Crippen LogP contribution in [-0.4, -0.2) is 11.9 Å². The summed E-state index contributed by atoms with van der Waals surface area (Å²) in [5, 5.41) is 2.67. The molecule has 0 fully saturated rings. The quantitative estimate of drug-likeness (QED) is 0.879. The van der Waals surface area contributed by atoms with Crippen LogP contribution in [0.5, 0.6) is 0 Å². The third-order valence-corrected chi connectivity index (χ3v) is 2.55. The summed E-state index contributed by atoms with van der Waals surface area (Å²) in [6.45, 7) is 3.81. The molecule has 0 aromatic heterocycles. The molecule has 100 valence electrons. The molecule has 1 unspecified atom stereocenters. The zero-order chi connectivity index (χ0) is 13.8. The third kappa shape index (κ3) is 4.05. The number of carbonyl (C=O) groups is 1. The van der Waals surface area contributed by atoms with Gasteiger partial charge >= 0.3 is 6.18 Å². The lowest BCUT2D eigenvalue weighted by molar-refractivity contribution is -0.137. The SMILES string of the molecule is CCCC(C)NC(=O)c1cccc(C(F)(F)F)c1. The van der Waals surface area contributed by atoms with Crippen molar-refractivity contribution in [1.29, 1.82) is 0 Å². The van der Waals surface area contributed by atoms with Gasteiger partial charge in [-0.1, -0.05) is 19.4 Å². The number of halogens is 3. The van der Waals surface area contributed by atoms with E-state index in [1.807, 2.05) is 13.8 Å². The summed E-state index contributed by atoms with van der Waals surface area (Å²) in [5.41, 5.74) is -0.772. The molecular weight excluding hydrogens is 243 g/mol. The zero-order valence-corrected chi connectivity index (χ0v) is 10.3. The van der Waals surface area contributed by atoms with Crippen LogP contribution in [0.25, 0.3) is 0 Å². The molecule has 0 spiro atoms. The maximum atomic E-state index is 12.5. The van der Waals surface area contributed by atoms with Gasteiger partial charge in [-0.05, 0) is 31.5 Å². The van der Waals surface area contributed by atoms with E-state index < -0.39 is 17.6 Å². The van der Waals surface area contributed by atoms with Crippen molar-refractivity contribution in [3.63, 3.8) is 0 Å². The maximum Gasteiger partial charge on any atom is 0.416 e. The van der Waals surface area contributed by atoms with Gasteiger partial charge in [0.1, 0.15) is 0 Å². The first-order valence-electron chi connectivity index (χ1n) is 5.82. The van der Waals surface area contributed by atoms with E-state index in [4.69, 9.17) is 0 Å². The van der Waals surface area contributed by atoms with E-state index in [-0.39, 0.29) is 11.6 Å². The second kappa shape index (κ2) is 5.89. The molecule has 0 bridgehead atoms. The topological polar surface area (TPSA) is 29.1 Å². The van der Waals surface area contributed by atoms with Gasteiger partial charge in [0.05, 0.1) is 5.56 Å². The molecule has 1 N–H and O–H groups in total. The summed E-state index contributed by atoms with van der Waals surface area (Å²) in [6, 6.07) is 4.39. The van der Waals surface area contributed by atoms with E-state index in [0.717, 1.165) is 25.0 Å². The molecule has 0 radical (unpaired) electrons. The third-order valence-electron chi connectivity index (χ3n) is 2.55. The van der Waals surface area contributed by atoms with Gasteiger partial charge in [0.15, 0.2) is 0 Å². The van der Waals surface area contributed by atoms with Crippen LogP contribution in [0, 0.1) is 0 Å². The fraction of sp³-hybridized carbons (Fsp3) is 0.462. The van der Waals surface area contributed by atoms with Crippen LogP contribution in [0.2, 0.25) is 0 Å². The summed E-state index contributed by atoms with van der Waals surface area (Å²) in [4.78, 5) is 11.7. The van der Waals surface area contributed by atoms with E-state index in [9.17, 15) is 18.0 Å². The van der Waals surface area contributed by atoms with Crippen LogP contribution in [0.1, 0.15) is 42.6 Å². The monoisotopic (exact) mass is 259 g/mol. The lowest BCUT2D eigenvalue weighted by Crippen LogP contribution is -2.32. The second-order valence-electron chi connectivity index (χ2n) is 4.24. The minimum absolute atomic E-state index is 0.0350. The van der Waals surface area contributed by atoms with E-state index >= 15 is 0 Å². The molecule has 5 heteroatoms. The predicted octanol–water partition coefficient (Wildman–Crippen LogP) is 3.62. The molecule has 1 atom stereocenters. The highest BCUT2D eigenvalue weighted by atomic mass is 19.4. The van der Waals surface area contributed by atoms with Crippen LogP contribution in [0.15, 0.2) is 24.3 Å². The highest BCUT2D eigenvalue weighted by Gasteiger charge is 2.30. The van der Waals surface area contributed by atoms with Gasteiger partial charge in [-0.25, -0.2) is 0 Å². The molecule has 0 aliphatic rings. The summed E-state index contributed by atoms with van der Waals surface area (Å²) < 4.78 is 37.4. The molecule has 0 aliphatic carbocycles. The summed E-state index contributed by atoms with van der Waals surface area (Å²) in [5.74, 6) is -0.470. The van der Waals surface area contributed by atoms with E-state index in [0.29, 0.717) is 0 Å². The molecule has 0 aliphatic heterocycles. The maximum absolute atomic E-state index is 12.5. The smallest absolute Gasteiger partial charge is 0.350 e. The minimum atomic E-state index is -4.43. The number of benzene rings is 1. The van der Waals surface area contributed by atoms with Crippen LogP contribution in [-0.2, 0) is 6.18 Å². The Bertz CT molecular complexity index is 415. The Kier molecular flexibility index (Phi) is 4.76. The van der Waals surface area contributed by atoms with E-state index in [1.165, 1.54) is 12.1 Å². The lowest BCUT2D eigenvalue weighted by atomic mass is 10.1. The molecular formula is C13H16F3NO. The first-order valence-corrected chi connectivity index (χ1v) is 5.82. The van der Waals surface area contributed by atoms with Gasteiger partial charge < -0.3 is 5.32 Å². The van der Waals surface area contributed by atoms with Gasteiger partial charge in [0.2, 0.25) is 0 Å². The van der Waals surface area contributed by atoms with E-state index in [1.54, 1.807) is 0 Å². The molecule has 1 aromatic carbocycles. The largest absolute Gasteiger partial charge is 0.416 e. The summed E-state index contributed by atoms with van der Waals surface area (Å²) in [7, 11) is 0. The van der Waals surface area contributed by atoms with Gasteiger partial charge in [-0.2, -0.15) is 13.2 Å². The van der Waals surface area contributed by atoms with Crippen LogP contribution >= 0.6 is 0 Å². The van der Waals surface area contributed by atoms with Crippen LogP contribution in [0.4, 0.5) is 13.2 Å². The van der Waals surface area contributed by atoms with Crippen LogP contribution in [0.3, 0.4) is 0 Å². The molecule has 1 amide bonds. The summed E-state index contributed by atoms with van der Waals surface area (Å²) >= 11 is 0. The van der Waals surface area contributed by atoms with Crippen LogP contribution < -0.4 is 5.32 Å². The fourth-order valence-corrected chi connectivity index (χ4v) is 1.65. The fourth-order valence-electron chi connectivity index (χ4n) is 1.65. The van der Waals surface area contributed by atoms with Crippen molar-refractivity contribution in [3.05, 3.63) is 35.4 Å². The normalized spacial score (nSPS) is 13.2. The van der Waals surface area contributed by atoms with Crippen molar-refractivity contribution in [3.8, 4) is 0 Å². The Labute approximate surface area is 104 Å². The Morgan fingerprint density at radius 1 is 1.39 bits per heavy atom. The van der Waals surface area contributed by atoms with Crippen molar-refractivity contribution < 1.29 is 18.0 Å². The highest BCUT2D eigenvalue weighted by Crippen LogP contribution is 2.29. The van der Waals surface area contributed by atoms with E-state index in [2.05, 4.69) is 5.32 Å². The number of nitrogens with one attached hydrogen (secondary N) is 1. The number of hydrogen-bond donors (Lipinski definition) is 1. The number of rotatable bonds is 4. The number of amides is 1. The van der Waals surface area contributed by atoms with Crippen molar-refractivity contribution >= 4 is 5.91 Å².